The van der Waals surface area contributed by atoms with Gasteiger partial charge in [-0.1, -0.05) is 0 Å². The summed E-state index contributed by atoms with van der Waals surface area (Å²) in [6.07, 6.45) is 9.93. The molecule has 0 saturated heterocycles. The van der Waals surface area contributed by atoms with Crippen molar-refractivity contribution in [2.45, 2.75) is 38.5 Å². The second-order valence-corrected chi connectivity index (χ2v) is 5.38. The van der Waals surface area contributed by atoms with Crippen molar-refractivity contribution in [1.29, 1.82) is 5.26 Å². The van der Waals surface area contributed by atoms with Gasteiger partial charge in [0.05, 0.1) is 5.56 Å². The number of nitrogens with one attached hydrogen (secondary N) is 2. The van der Waals surface area contributed by atoms with Crippen LogP contribution in [0.25, 0.3) is 0 Å². The van der Waals surface area contributed by atoms with Crippen LogP contribution in [-0.2, 0) is 19.3 Å². The van der Waals surface area contributed by atoms with Gasteiger partial charge in [-0.3, -0.25) is 0 Å². The summed E-state index contributed by atoms with van der Waals surface area (Å²) in [6, 6.07) is 4.27. The Bertz CT molecular complexity index is 639. The first kappa shape index (κ1) is 13.6. The maximum absolute atomic E-state index is 9.28. The fraction of sp³-hybridized carbons (Fsp3) is 0.438. The zero-order chi connectivity index (χ0) is 14.5. The first-order valence-electron chi connectivity index (χ1n) is 7.52. The van der Waals surface area contributed by atoms with E-state index in [2.05, 4.69) is 26.3 Å². The van der Waals surface area contributed by atoms with E-state index in [4.69, 9.17) is 0 Å². The average Bonchev–Trinajstić information content (AvgIpc) is 3.04. The molecule has 0 aromatic carbocycles. The second kappa shape index (κ2) is 6.40. The minimum absolute atomic E-state index is 0.661. The first-order valence-corrected chi connectivity index (χ1v) is 7.52. The van der Waals surface area contributed by atoms with E-state index in [0.29, 0.717) is 5.56 Å². The molecule has 1 aliphatic rings. The summed E-state index contributed by atoms with van der Waals surface area (Å²) in [5.41, 5.74) is 3.07. The summed E-state index contributed by atoms with van der Waals surface area (Å²) in [5.74, 6) is 1.73. The largest absolute Gasteiger partial charge is 0.369 e. The molecule has 0 bridgehead atoms. The number of H-pyrrole nitrogens is 1. The molecule has 1 aliphatic carbocycles. The number of aryl methyl sites for hydroxylation is 3. The molecule has 5 heteroatoms. The molecule has 0 fully saturated rings. The minimum atomic E-state index is 0.661. The number of aromatic nitrogens is 3. The van der Waals surface area contributed by atoms with Crippen LogP contribution in [0.2, 0.25) is 0 Å². The summed E-state index contributed by atoms with van der Waals surface area (Å²) in [7, 11) is 0. The van der Waals surface area contributed by atoms with Gasteiger partial charge in [-0.2, -0.15) is 5.26 Å². The molecule has 0 aliphatic heterocycles. The van der Waals surface area contributed by atoms with Gasteiger partial charge in [0, 0.05) is 31.1 Å². The molecule has 0 spiro atoms. The molecule has 2 aromatic heterocycles. The number of anilines is 1. The van der Waals surface area contributed by atoms with Crippen molar-refractivity contribution in [2.75, 3.05) is 11.9 Å². The fourth-order valence-electron chi connectivity index (χ4n) is 2.75. The van der Waals surface area contributed by atoms with Gasteiger partial charge < -0.3 is 10.3 Å². The van der Waals surface area contributed by atoms with Gasteiger partial charge in [0.2, 0.25) is 0 Å². The summed E-state index contributed by atoms with van der Waals surface area (Å²) in [4.78, 5) is 12.0. The lowest BCUT2D eigenvalue weighted by atomic mass is 9.95. The minimum Gasteiger partial charge on any atom is -0.369 e. The lowest BCUT2D eigenvalue weighted by Crippen LogP contribution is -2.12. The lowest BCUT2D eigenvalue weighted by Gasteiger charge is -2.17. The van der Waals surface area contributed by atoms with E-state index in [-0.39, 0.29) is 0 Å². The number of hydrogen-bond donors (Lipinski definition) is 2. The molecule has 2 heterocycles. The maximum Gasteiger partial charge on any atom is 0.144 e. The third-order valence-corrected chi connectivity index (χ3v) is 3.86. The average molecular weight is 281 g/mol. The maximum atomic E-state index is 9.28. The Hall–Kier alpha value is -2.35. The number of nitrogens with zero attached hydrogens (tertiary/aromatic N) is 3. The standard InChI is InChI=1S/C16H19N5/c17-11-13-10-12-4-1-2-5-14(12)21-16(13)20-7-3-6-15-18-8-9-19-15/h8-10H,1-7H2,(H,18,19)(H,20,21). The number of pyridine rings is 1. The number of hydrogen-bond acceptors (Lipinski definition) is 4. The monoisotopic (exact) mass is 281 g/mol. The molecular weight excluding hydrogens is 262 g/mol. The van der Waals surface area contributed by atoms with Crippen LogP contribution in [0, 0.1) is 11.3 Å². The van der Waals surface area contributed by atoms with Gasteiger partial charge in [0.1, 0.15) is 17.7 Å². The number of rotatable bonds is 5. The number of imidazole rings is 1. The number of aromatic amines is 1. The lowest BCUT2D eigenvalue weighted by molar-refractivity contribution is 0.667. The number of fused-ring (bicyclic) bond motifs is 1. The van der Waals surface area contributed by atoms with Crippen LogP contribution in [0.1, 0.15) is 41.9 Å². The zero-order valence-corrected chi connectivity index (χ0v) is 12.0. The molecular formula is C16H19N5. The van der Waals surface area contributed by atoms with Crippen LogP contribution in [0.15, 0.2) is 18.5 Å². The van der Waals surface area contributed by atoms with Crippen molar-refractivity contribution in [3.63, 3.8) is 0 Å². The van der Waals surface area contributed by atoms with Gasteiger partial charge in [-0.15, -0.1) is 0 Å². The molecule has 0 atom stereocenters. The smallest absolute Gasteiger partial charge is 0.144 e. The summed E-state index contributed by atoms with van der Waals surface area (Å²) < 4.78 is 0. The molecule has 2 aromatic rings. The van der Waals surface area contributed by atoms with Gasteiger partial charge in [0.15, 0.2) is 0 Å². The Morgan fingerprint density at radius 2 is 2.24 bits per heavy atom. The normalized spacial score (nSPS) is 13.5. The molecule has 0 saturated carbocycles. The van der Waals surface area contributed by atoms with Crippen molar-refractivity contribution < 1.29 is 0 Å². The SMILES string of the molecule is N#Cc1cc2c(nc1NCCCc1ncc[nH]1)CCCC2. The van der Waals surface area contributed by atoms with Crippen LogP contribution in [-0.4, -0.2) is 21.5 Å². The molecule has 5 nitrogen and oxygen atoms in total. The van der Waals surface area contributed by atoms with Crippen molar-refractivity contribution in [3.05, 3.63) is 41.1 Å². The molecule has 0 amide bonds. The predicted molar refractivity (Wildman–Crippen MR) is 81.0 cm³/mol. The molecule has 0 unspecified atom stereocenters. The van der Waals surface area contributed by atoms with Crippen LogP contribution < -0.4 is 5.32 Å². The molecule has 0 radical (unpaired) electrons. The van der Waals surface area contributed by atoms with Crippen molar-refractivity contribution in [3.8, 4) is 6.07 Å². The van der Waals surface area contributed by atoms with Gasteiger partial charge in [0.25, 0.3) is 0 Å². The highest BCUT2D eigenvalue weighted by atomic mass is 15.0. The highest BCUT2D eigenvalue weighted by molar-refractivity contribution is 5.54. The van der Waals surface area contributed by atoms with Crippen LogP contribution in [0.4, 0.5) is 5.82 Å². The molecule has 3 rings (SSSR count). The Kier molecular flexibility index (Phi) is 4.15. The molecule has 108 valence electrons. The third kappa shape index (κ3) is 3.22. The van der Waals surface area contributed by atoms with E-state index in [1.807, 2.05) is 12.3 Å². The van der Waals surface area contributed by atoms with E-state index in [1.54, 1.807) is 6.20 Å². The Labute approximate surface area is 124 Å². The fourth-order valence-corrected chi connectivity index (χ4v) is 2.75. The Balaban J connectivity index is 1.63. The zero-order valence-electron chi connectivity index (χ0n) is 12.0. The summed E-state index contributed by atoms with van der Waals surface area (Å²) in [5, 5.41) is 12.6. The van der Waals surface area contributed by atoms with E-state index in [1.165, 1.54) is 18.4 Å². The quantitative estimate of drug-likeness (QED) is 0.826. The van der Waals surface area contributed by atoms with E-state index in [0.717, 1.165) is 49.6 Å². The van der Waals surface area contributed by atoms with Crippen molar-refractivity contribution in [1.82, 2.24) is 15.0 Å². The van der Waals surface area contributed by atoms with Crippen LogP contribution >= 0.6 is 0 Å². The van der Waals surface area contributed by atoms with Gasteiger partial charge in [-0.25, -0.2) is 9.97 Å². The van der Waals surface area contributed by atoms with Crippen molar-refractivity contribution >= 4 is 5.82 Å². The topological polar surface area (TPSA) is 77.4 Å². The molecule has 2 N–H and O–H groups in total. The third-order valence-electron chi connectivity index (χ3n) is 3.86. The Morgan fingerprint density at radius 3 is 3.05 bits per heavy atom. The van der Waals surface area contributed by atoms with E-state index >= 15 is 0 Å². The first-order chi connectivity index (χ1) is 10.4. The van der Waals surface area contributed by atoms with Gasteiger partial charge in [-0.05, 0) is 43.7 Å². The molecule has 21 heavy (non-hydrogen) atoms. The highest BCUT2D eigenvalue weighted by Gasteiger charge is 2.14. The van der Waals surface area contributed by atoms with Gasteiger partial charge >= 0.3 is 0 Å². The summed E-state index contributed by atoms with van der Waals surface area (Å²) >= 11 is 0. The predicted octanol–water partition coefficient (Wildman–Crippen LogP) is 2.60. The van der Waals surface area contributed by atoms with Crippen LogP contribution in [0.5, 0.6) is 0 Å². The van der Waals surface area contributed by atoms with Crippen molar-refractivity contribution in [2.24, 2.45) is 0 Å². The number of nitriles is 1. The van der Waals surface area contributed by atoms with E-state index in [9.17, 15) is 5.26 Å². The Morgan fingerprint density at radius 1 is 1.33 bits per heavy atom. The van der Waals surface area contributed by atoms with Crippen LogP contribution in [0.3, 0.4) is 0 Å². The highest BCUT2D eigenvalue weighted by Crippen LogP contribution is 2.24. The van der Waals surface area contributed by atoms with E-state index < -0.39 is 0 Å². The second-order valence-electron chi connectivity index (χ2n) is 5.38. The summed E-state index contributed by atoms with van der Waals surface area (Å²) in [6.45, 7) is 0.793.